The molecule has 0 radical (unpaired) electrons. The molecule has 0 fully saturated rings. The van der Waals surface area contributed by atoms with Crippen molar-refractivity contribution >= 4 is 44.3 Å². The molecule has 0 N–H and O–H groups in total. The zero-order valence-electron chi connectivity index (χ0n) is 13.5. The number of rotatable bonds is 7. The minimum atomic E-state index is 0.599. The van der Waals surface area contributed by atoms with Gasteiger partial charge in [0.1, 0.15) is 11.5 Å². The molecule has 0 amide bonds. The van der Waals surface area contributed by atoms with Gasteiger partial charge < -0.3 is 9.47 Å². The van der Waals surface area contributed by atoms with E-state index in [0.29, 0.717) is 13.2 Å². The fourth-order valence-electron chi connectivity index (χ4n) is 2.01. The molecule has 24 heavy (non-hydrogen) atoms. The Morgan fingerprint density at radius 3 is 1.58 bits per heavy atom. The summed E-state index contributed by atoms with van der Waals surface area (Å²) in [4.78, 5) is 0. The van der Waals surface area contributed by atoms with Crippen LogP contribution in [0.5, 0.6) is 11.5 Å². The highest BCUT2D eigenvalue weighted by Crippen LogP contribution is 2.23. The Morgan fingerprint density at radius 2 is 1.21 bits per heavy atom. The fraction of sp³-hybridized carbons (Fsp3) is 0.222. The van der Waals surface area contributed by atoms with Crippen LogP contribution < -0.4 is 9.47 Å². The minimum Gasteiger partial charge on any atom is -0.493 e. The van der Waals surface area contributed by atoms with Crippen molar-refractivity contribution in [2.45, 2.75) is 13.8 Å². The summed E-state index contributed by atoms with van der Waals surface area (Å²) in [7, 11) is 0. The first-order chi connectivity index (χ1) is 11.6. The maximum atomic E-state index is 5.58. The van der Waals surface area contributed by atoms with E-state index in [9.17, 15) is 0 Å². The van der Waals surface area contributed by atoms with Gasteiger partial charge >= 0.3 is 0 Å². The second-order valence-electron chi connectivity index (χ2n) is 4.72. The summed E-state index contributed by atoms with van der Waals surface area (Å²) < 4.78 is 13.1. The summed E-state index contributed by atoms with van der Waals surface area (Å²) in [6, 6.07) is 11.5. The van der Waals surface area contributed by atoms with Crippen LogP contribution in [-0.4, -0.2) is 25.6 Å². The standard InChI is InChI=1S/C18H18Br2N2O2/c1-3-23-17-7-5-15(19)9-13(17)11-21-22-12-14-10-16(20)6-8-18(14)24-4-2/h5-12H,3-4H2,1-2H3/b21-11+,22-12?. The van der Waals surface area contributed by atoms with Crippen LogP contribution in [0.25, 0.3) is 0 Å². The van der Waals surface area contributed by atoms with E-state index in [0.717, 1.165) is 31.6 Å². The summed E-state index contributed by atoms with van der Waals surface area (Å²) >= 11 is 6.90. The SMILES string of the molecule is CCOc1ccc(Br)cc1C=N/N=C/c1cc(Br)ccc1OCC. The maximum absolute atomic E-state index is 5.58. The van der Waals surface area contributed by atoms with Gasteiger partial charge in [0.25, 0.3) is 0 Å². The van der Waals surface area contributed by atoms with E-state index < -0.39 is 0 Å². The predicted molar refractivity (Wildman–Crippen MR) is 106 cm³/mol. The van der Waals surface area contributed by atoms with Gasteiger partial charge in [-0.05, 0) is 50.2 Å². The van der Waals surface area contributed by atoms with Crippen LogP contribution in [-0.2, 0) is 0 Å². The summed E-state index contributed by atoms with van der Waals surface area (Å²) in [5.74, 6) is 1.55. The van der Waals surface area contributed by atoms with Crippen LogP contribution in [0.2, 0.25) is 0 Å². The Hall–Kier alpha value is -1.66. The molecule has 6 heteroatoms. The first-order valence-electron chi connectivity index (χ1n) is 7.55. The largest absolute Gasteiger partial charge is 0.493 e. The Balaban J connectivity index is 2.18. The molecule has 0 heterocycles. The summed E-state index contributed by atoms with van der Waals surface area (Å²) in [5, 5.41) is 8.25. The van der Waals surface area contributed by atoms with Crippen molar-refractivity contribution in [2.75, 3.05) is 13.2 Å². The lowest BCUT2D eigenvalue weighted by Crippen LogP contribution is -1.96. The Bertz CT molecular complexity index is 682. The van der Waals surface area contributed by atoms with Crippen LogP contribution >= 0.6 is 31.9 Å². The molecule has 0 aliphatic carbocycles. The molecule has 0 saturated heterocycles. The molecule has 0 aliphatic rings. The van der Waals surface area contributed by atoms with E-state index in [1.54, 1.807) is 12.4 Å². The molecule has 2 aromatic rings. The van der Waals surface area contributed by atoms with Crippen LogP contribution in [0.3, 0.4) is 0 Å². The number of hydrogen-bond acceptors (Lipinski definition) is 4. The molecular formula is C18H18Br2N2O2. The lowest BCUT2D eigenvalue weighted by Gasteiger charge is -2.07. The van der Waals surface area contributed by atoms with Crippen molar-refractivity contribution in [3.05, 3.63) is 56.5 Å². The molecule has 0 spiro atoms. The zero-order valence-corrected chi connectivity index (χ0v) is 16.7. The van der Waals surface area contributed by atoms with Gasteiger partial charge in [0.05, 0.1) is 25.6 Å². The lowest BCUT2D eigenvalue weighted by atomic mass is 10.2. The molecular weight excluding hydrogens is 436 g/mol. The molecule has 0 unspecified atom stereocenters. The normalized spacial score (nSPS) is 11.3. The highest BCUT2D eigenvalue weighted by Gasteiger charge is 2.03. The number of benzene rings is 2. The Kier molecular flexibility index (Phi) is 7.46. The third-order valence-electron chi connectivity index (χ3n) is 3.00. The highest BCUT2D eigenvalue weighted by molar-refractivity contribution is 9.10. The number of hydrogen-bond donors (Lipinski definition) is 0. The molecule has 126 valence electrons. The monoisotopic (exact) mass is 452 g/mol. The molecule has 0 saturated carbocycles. The van der Waals surface area contributed by atoms with Gasteiger partial charge in [-0.2, -0.15) is 10.2 Å². The molecule has 0 bridgehead atoms. The fourth-order valence-corrected chi connectivity index (χ4v) is 2.76. The van der Waals surface area contributed by atoms with Crippen molar-refractivity contribution < 1.29 is 9.47 Å². The number of ether oxygens (including phenoxy) is 2. The third-order valence-corrected chi connectivity index (χ3v) is 3.99. The predicted octanol–water partition coefficient (Wildman–Crippen LogP) is 5.46. The van der Waals surface area contributed by atoms with Gasteiger partial charge in [-0.1, -0.05) is 31.9 Å². The second-order valence-corrected chi connectivity index (χ2v) is 6.55. The van der Waals surface area contributed by atoms with Crippen LogP contribution in [0, 0.1) is 0 Å². The summed E-state index contributed by atoms with van der Waals surface area (Å²) in [5.41, 5.74) is 1.73. The highest BCUT2D eigenvalue weighted by atomic mass is 79.9. The molecule has 2 aromatic carbocycles. The minimum absolute atomic E-state index is 0.599. The van der Waals surface area contributed by atoms with Crippen LogP contribution in [0.15, 0.2) is 55.5 Å². The van der Waals surface area contributed by atoms with E-state index >= 15 is 0 Å². The third kappa shape index (κ3) is 5.46. The van der Waals surface area contributed by atoms with Gasteiger partial charge in [-0.15, -0.1) is 0 Å². The Morgan fingerprint density at radius 1 is 0.792 bits per heavy atom. The second kappa shape index (κ2) is 9.59. The maximum Gasteiger partial charge on any atom is 0.128 e. The van der Waals surface area contributed by atoms with Crippen molar-refractivity contribution in [2.24, 2.45) is 10.2 Å². The van der Waals surface area contributed by atoms with Crippen molar-refractivity contribution in [3.63, 3.8) is 0 Å². The summed E-state index contributed by atoms with van der Waals surface area (Å²) in [6.45, 7) is 5.09. The average Bonchev–Trinajstić information content (AvgIpc) is 2.56. The molecule has 4 nitrogen and oxygen atoms in total. The van der Waals surface area contributed by atoms with E-state index in [2.05, 4.69) is 42.1 Å². The number of halogens is 2. The van der Waals surface area contributed by atoms with Gasteiger partial charge in [0.15, 0.2) is 0 Å². The van der Waals surface area contributed by atoms with E-state index in [1.165, 1.54) is 0 Å². The quantitative estimate of drug-likeness (QED) is 0.412. The van der Waals surface area contributed by atoms with E-state index in [4.69, 9.17) is 9.47 Å². The smallest absolute Gasteiger partial charge is 0.128 e. The van der Waals surface area contributed by atoms with Crippen LogP contribution in [0.4, 0.5) is 0 Å². The Labute approximate surface area is 158 Å². The van der Waals surface area contributed by atoms with Gasteiger partial charge in [0, 0.05) is 20.1 Å². The van der Waals surface area contributed by atoms with Gasteiger partial charge in [-0.3, -0.25) is 0 Å². The first-order valence-corrected chi connectivity index (χ1v) is 9.13. The molecule has 2 rings (SSSR count). The van der Waals surface area contributed by atoms with E-state index in [1.807, 2.05) is 50.2 Å². The molecule has 0 aliphatic heterocycles. The van der Waals surface area contributed by atoms with Gasteiger partial charge in [-0.25, -0.2) is 0 Å². The zero-order chi connectivity index (χ0) is 17.4. The first kappa shape index (κ1) is 18.7. The van der Waals surface area contributed by atoms with Crippen molar-refractivity contribution in [1.82, 2.24) is 0 Å². The van der Waals surface area contributed by atoms with Crippen molar-refractivity contribution in [1.29, 1.82) is 0 Å². The van der Waals surface area contributed by atoms with Crippen LogP contribution in [0.1, 0.15) is 25.0 Å². The summed E-state index contributed by atoms with van der Waals surface area (Å²) in [6.07, 6.45) is 3.34. The van der Waals surface area contributed by atoms with Crippen molar-refractivity contribution in [3.8, 4) is 11.5 Å². The topological polar surface area (TPSA) is 43.2 Å². The van der Waals surface area contributed by atoms with Gasteiger partial charge in [0.2, 0.25) is 0 Å². The lowest BCUT2D eigenvalue weighted by molar-refractivity contribution is 0.339. The van der Waals surface area contributed by atoms with E-state index in [-0.39, 0.29) is 0 Å². The molecule has 0 atom stereocenters. The average molecular weight is 454 g/mol. The number of nitrogens with zero attached hydrogens (tertiary/aromatic N) is 2. The molecule has 0 aromatic heterocycles.